The molecule has 12 aromatic rings. The number of thiazole rings is 4. The molecular weight excluding hydrogens is 1710 g/mol. The highest BCUT2D eigenvalue weighted by Gasteiger charge is 2.23. The van der Waals surface area contributed by atoms with Crippen LogP contribution in [0.3, 0.4) is 0 Å². The number of hydrogen-bond donors (Lipinski definition) is 10. The van der Waals surface area contributed by atoms with Gasteiger partial charge in [0.05, 0.1) is 60.7 Å². The number of anilines is 8. The number of sulfone groups is 2. The molecule has 0 saturated carbocycles. The summed E-state index contributed by atoms with van der Waals surface area (Å²) in [6.45, 7) is 26.7. The highest BCUT2D eigenvalue weighted by Crippen LogP contribution is 2.33. The van der Waals surface area contributed by atoms with E-state index in [-0.39, 0.29) is 46.7 Å². The number of aromatic nitrogens is 12. The molecule has 8 amide bonds. The van der Waals surface area contributed by atoms with Crippen molar-refractivity contribution in [3.8, 4) is 23.0 Å². The van der Waals surface area contributed by atoms with Crippen molar-refractivity contribution in [1.29, 1.82) is 0 Å². The number of imidazole rings is 4. The van der Waals surface area contributed by atoms with Crippen LogP contribution in [-0.2, 0) is 59.5 Å². The second-order valence-electron chi connectivity index (χ2n) is 29.4. The van der Waals surface area contributed by atoms with E-state index in [1.165, 1.54) is 68.5 Å². The third kappa shape index (κ3) is 32.2. The maximum Gasteiger partial charge on any atom is 0.325 e. The van der Waals surface area contributed by atoms with Crippen LogP contribution >= 0.6 is 68.9 Å². The fourth-order valence-electron chi connectivity index (χ4n) is 10.4. The molecule has 32 nitrogen and oxygen atoms in total. The Kier molecular flexibility index (Phi) is 36.5. The molecular formula is C82H104N20O12S8. The van der Waals surface area contributed by atoms with Gasteiger partial charge in [-0.3, -0.25) is 21.3 Å². The summed E-state index contributed by atoms with van der Waals surface area (Å²) in [6.07, 6.45) is 22.2. The minimum absolute atomic E-state index is 0.0355. The van der Waals surface area contributed by atoms with Crippen molar-refractivity contribution in [1.82, 2.24) is 59.0 Å². The Bertz CT molecular complexity index is 5570. The summed E-state index contributed by atoms with van der Waals surface area (Å²) in [7, 11) is -3.37. The fourth-order valence-corrected chi connectivity index (χ4v) is 18.4. The highest BCUT2D eigenvalue weighted by molar-refractivity contribution is 7.99. The van der Waals surface area contributed by atoms with Gasteiger partial charge in [0.1, 0.15) is 23.0 Å². The molecule has 0 spiro atoms. The van der Waals surface area contributed by atoms with E-state index in [1.807, 2.05) is 119 Å². The quantitative estimate of drug-likeness (QED) is 0.0163. The number of nitrogens with one attached hydrogen (secondary N) is 10. The van der Waals surface area contributed by atoms with Crippen LogP contribution in [0, 0.1) is 51.4 Å². The van der Waals surface area contributed by atoms with Crippen molar-refractivity contribution < 1.29 is 55.0 Å². The van der Waals surface area contributed by atoms with Crippen LogP contribution in [0.1, 0.15) is 97.2 Å². The normalized spacial score (nSPS) is 11.2. The van der Waals surface area contributed by atoms with Crippen molar-refractivity contribution in [2.45, 2.75) is 129 Å². The number of ether oxygens (including phenoxy) is 4. The molecule has 0 saturated heterocycles. The van der Waals surface area contributed by atoms with E-state index in [0.717, 1.165) is 76.4 Å². The average molecular weight is 1820 g/mol. The predicted octanol–water partition coefficient (Wildman–Crippen LogP) is 18.1. The van der Waals surface area contributed by atoms with Crippen molar-refractivity contribution in [3.05, 3.63) is 189 Å². The van der Waals surface area contributed by atoms with Gasteiger partial charge in [0, 0.05) is 119 Å². The number of nitrogens with zero attached hydrogens (tertiary/aromatic N) is 10. The van der Waals surface area contributed by atoms with E-state index in [1.54, 1.807) is 79.9 Å². The van der Waals surface area contributed by atoms with E-state index >= 15 is 0 Å². The van der Waals surface area contributed by atoms with Crippen molar-refractivity contribution in [2.75, 3.05) is 92.0 Å². The number of H-pyrrole nitrogens is 2. The molecule has 10 N–H and O–H groups in total. The third-order valence-corrected chi connectivity index (χ3v) is 25.5. The lowest BCUT2D eigenvalue weighted by molar-refractivity contribution is 0.260. The second kappa shape index (κ2) is 46.9. The summed E-state index contributed by atoms with van der Waals surface area (Å²) < 4.78 is 76.1. The molecule has 40 heteroatoms. The maximum absolute atomic E-state index is 12.5. The first-order valence-corrected chi connectivity index (χ1v) is 47.5. The van der Waals surface area contributed by atoms with Gasteiger partial charge >= 0.3 is 24.1 Å². The molecule has 4 aromatic carbocycles. The third-order valence-electron chi connectivity index (χ3n) is 16.4. The summed E-state index contributed by atoms with van der Waals surface area (Å²) in [5, 5.41) is 26.0. The number of hydrogen-bond acceptors (Lipinski definition) is 26. The molecule has 12 rings (SSSR count). The van der Waals surface area contributed by atoms with Gasteiger partial charge in [-0.25, -0.2) is 75.9 Å². The summed E-state index contributed by atoms with van der Waals surface area (Å²) in [6, 6.07) is 21.0. The van der Waals surface area contributed by atoms with E-state index < -0.39 is 31.7 Å². The second-order valence-corrected chi connectivity index (χ2v) is 40.1. The van der Waals surface area contributed by atoms with Gasteiger partial charge in [0.15, 0.2) is 30.8 Å². The van der Waals surface area contributed by atoms with Gasteiger partial charge in [-0.2, -0.15) is 0 Å². The molecule has 8 aromatic heterocycles. The Morgan fingerprint density at radius 2 is 0.738 bits per heavy atom. The minimum atomic E-state index is -3.50. The Balaban J connectivity index is 0.000000185. The molecule has 0 atom stereocenters. The van der Waals surface area contributed by atoms with Crippen LogP contribution in [0.4, 0.5) is 62.5 Å². The summed E-state index contributed by atoms with van der Waals surface area (Å²) in [5.74, 6) is 5.65. The first kappa shape index (κ1) is 95.0. The maximum atomic E-state index is 12.5. The molecule has 0 fully saturated rings. The molecule has 8 heterocycles. The van der Waals surface area contributed by atoms with Crippen molar-refractivity contribution in [2.24, 2.45) is 37.8 Å². The number of urea groups is 4. The number of rotatable bonds is 36. The molecule has 0 aliphatic carbocycles. The monoisotopic (exact) mass is 1820 g/mol. The molecule has 0 aliphatic heterocycles. The van der Waals surface area contributed by atoms with Gasteiger partial charge in [0.25, 0.3) is 0 Å². The minimum Gasteiger partial charge on any atom is -0.491 e. The Labute approximate surface area is 735 Å². The van der Waals surface area contributed by atoms with Crippen molar-refractivity contribution in [3.63, 3.8) is 0 Å². The van der Waals surface area contributed by atoms with Crippen LogP contribution in [-0.4, -0.2) is 149 Å². The Hall–Kier alpha value is -10.9. The van der Waals surface area contributed by atoms with E-state index in [2.05, 4.69) is 148 Å². The number of aromatic amines is 2. The lowest BCUT2D eigenvalue weighted by atomic mass is 10.2. The summed E-state index contributed by atoms with van der Waals surface area (Å²) >= 11 is 8.76. The Morgan fingerprint density at radius 3 is 1.06 bits per heavy atom. The molecule has 0 bridgehead atoms. The van der Waals surface area contributed by atoms with Gasteiger partial charge in [-0.15, -0.1) is 45.3 Å². The van der Waals surface area contributed by atoms with Crippen LogP contribution < -0.4 is 61.5 Å². The number of aryl methyl sites for hydroxylation is 10. The molecule has 0 unspecified atom stereocenters. The summed E-state index contributed by atoms with van der Waals surface area (Å²) in [4.78, 5) is 92.2. The van der Waals surface area contributed by atoms with Crippen LogP contribution in [0.5, 0.6) is 23.0 Å². The van der Waals surface area contributed by atoms with E-state index in [4.69, 9.17) is 18.9 Å². The first-order valence-electron chi connectivity index (χ1n) is 39.0. The number of thioether (sulfide) groups is 2. The smallest absolute Gasteiger partial charge is 0.325 e. The lowest BCUT2D eigenvalue weighted by Crippen LogP contribution is -2.20. The number of amides is 8. The number of carbonyl (C=O) groups excluding carboxylic acids is 4. The predicted molar refractivity (Wildman–Crippen MR) is 489 cm³/mol. The molecule has 0 aliphatic rings. The van der Waals surface area contributed by atoms with Gasteiger partial charge in [0.2, 0.25) is 30.0 Å². The number of benzene rings is 4. The van der Waals surface area contributed by atoms with E-state index in [0.29, 0.717) is 116 Å². The lowest BCUT2D eigenvalue weighted by Gasteiger charge is -2.14. The topological polar surface area (TPSA) is 414 Å². The van der Waals surface area contributed by atoms with Gasteiger partial charge in [-0.1, -0.05) is 103 Å². The van der Waals surface area contributed by atoms with Crippen LogP contribution in [0.2, 0.25) is 0 Å². The first-order chi connectivity index (χ1) is 58.3. The molecule has 652 valence electrons. The van der Waals surface area contributed by atoms with E-state index in [9.17, 15) is 36.0 Å². The standard InChI is InChI=1S/C21H27N5O4S2.C21H27N5O2S2.C20H25N5O4S2.C20H25N5O2S2/c1-14(2)13-30-18-11-15(3)5-6-17(18)24-19(27)25-20-23-12-16(31-20)7-10-32(28,29)21-22-8-9-26(21)4;1-14(2)13-28-18-11-15(3)5-6-17(18)24-19(27)25-20-23-12-16(30-20)7-10-29-21-22-8-9-26(21)4;1-13(2)12-29-17-10-14(3)4-5-16(17)24-18(26)25-19-23-11-15(30-19)6-9-31(27,28)20-21-7-8-22-20;1-13(2)12-27-17-10-14(3)4-5-16(17)24-18(26)25-20-23-11-15(29-20)6-9-28-19-21-7-8-22-19/h5-6,8-9,11-12,14H,7,10,13H2,1-4H3,(H2,23,24,25,27);5-6,8-9,11-12,14H,7,10,13H2,1-4H3,(H2,23,24,25,27);4-5,7-8,10-11,13H,6,9,12H2,1-3H3,(H,21,22)(H2,23,24,25,26);4-5,7-8,10-11,13H,6,9,12H2,1-3H3,(H,21,22)(H2,23,24,25,26). The average Bonchev–Trinajstić information content (AvgIpc) is 1.69. The molecule has 0 radical (unpaired) electrons. The van der Waals surface area contributed by atoms with Gasteiger partial charge in [-0.05, 0) is 148 Å². The summed E-state index contributed by atoms with van der Waals surface area (Å²) in [5.41, 5.74) is 6.61. The Morgan fingerprint density at radius 1 is 0.402 bits per heavy atom. The SMILES string of the molecule is Cc1ccc(NC(=O)Nc2ncc(CCS(=O)(=O)c3ncc[nH]3)s2)c(OCC(C)C)c1.Cc1ccc(NC(=O)Nc2ncc(CCS(=O)(=O)c3nccn3C)s2)c(OCC(C)C)c1.Cc1ccc(NC(=O)Nc2ncc(CCSc3ncc[nH]3)s2)c(OCC(C)C)c1.Cc1ccc(NC(=O)Nc2ncc(CCSc3nccn3C)s2)c(OCC(C)C)c1. The molecule has 122 heavy (non-hydrogen) atoms. The fraction of sp³-hybridized carbons (Fsp3) is 0.366. The van der Waals surface area contributed by atoms with Crippen LogP contribution in [0.15, 0.2) is 168 Å². The highest BCUT2D eigenvalue weighted by atomic mass is 32.2. The largest absolute Gasteiger partial charge is 0.491 e. The van der Waals surface area contributed by atoms with Crippen LogP contribution in [0.25, 0.3) is 0 Å². The van der Waals surface area contributed by atoms with Crippen molar-refractivity contribution >= 4 is 156 Å². The zero-order valence-electron chi connectivity index (χ0n) is 70.3. The van der Waals surface area contributed by atoms with Gasteiger partial charge < -0.3 is 59.3 Å². The number of carbonyl (C=O) groups is 4. The zero-order valence-corrected chi connectivity index (χ0v) is 76.8. The zero-order chi connectivity index (χ0) is 87.9.